The lowest BCUT2D eigenvalue weighted by Gasteiger charge is -2.28. The lowest BCUT2D eigenvalue weighted by molar-refractivity contribution is -0.140. The summed E-state index contributed by atoms with van der Waals surface area (Å²) in [5.41, 5.74) is 1.15. The Morgan fingerprint density at radius 3 is 2.68 bits per heavy atom. The van der Waals surface area contributed by atoms with E-state index < -0.39 is 0 Å². The molecule has 25 heavy (non-hydrogen) atoms. The highest BCUT2D eigenvalue weighted by molar-refractivity contribution is 5.85. The fourth-order valence-corrected chi connectivity index (χ4v) is 3.82. The van der Waals surface area contributed by atoms with Gasteiger partial charge in [-0.05, 0) is 50.3 Å². The zero-order chi connectivity index (χ0) is 17.6. The van der Waals surface area contributed by atoms with Crippen LogP contribution >= 0.6 is 0 Å². The summed E-state index contributed by atoms with van der Waals surface area (Å²) in [7, 11) is 0. The second kappa shape index (κ2) is 8.37. The van der Waals surface area contributed by atoms with Gasteiger partial charge in [0, 0.05) is 19.5 Å². The summed E-state index contributed by atoms with van der Waals surface area (Å²) < 4.78 is 5.50. The van der Waals surface area contributed by atoms with Crippen LogP contribution in [0.1, 0.15) is 57.1 Å². The van der Waals surface area contributed by atoms with Crippen LogP contribution in [0.4, 0.5) is 0 Å². The number of carbonyl (C=O) groups is 2. The third-order valence-electron chi connectivity index (χ3n) is 5.15. The van der Waals surface area contributed by atoms with Gasteiger partial charge in [0.05, 0.1) is 19.2 Å². The molecule has 0 N–H and O–H groups in total. The highest BCUT2D eigenvalue weighted by Crippen LogP contribution is 2.33. The van der Waals surface area contributed by atoms with Gasteiger partial charge in [-0.25, -0.2) is 0 Å². The number of benzene rings is 1. The third kappa shape index (κ3) is 4.33. The minimum absolute atomic E-state index is 0.0756. The summed E-state index contributed by atoms with van der Waals surface area (Å²) in [6, 6.07) is 8.16. The van der Waals surface area contributed by atoms with E-state index in [1.54, 1.807) is 4.90 Å². The number of hydrogen-bond donors (Lipinski definition) is 0. The van der Waals surface area contributed by atoms with Crippen LogP contribution in [0.15, 0.2) is 24.3 Å². The fourth-order valence-electron chi connectivity index (χ4n) is 3.82. The molecule has 3 rings (SSSR count). The number of carbonyl (C=O) groups excluding carboxylic acids is 2. The molecule has 1 atom stereocenters. The van der Waals surface area contributed by atoms with Gasteiger partial charge in [-0.2, -0.15) is 0 Å². The van der Waals surface area contributed by atoms with Gasteiger partial charge in [0.1, 0.15) is 5.75 Å². The van der Waals surface area contributed by atoms with Crippen LogP contribution < -0.4 is 4.74 Å². The highest BCUT2D eigenvalue weighted by Gasteiger charge is 2.31. The fraction of sp³-hybridized carbons (Fsp3) is 0.600. The maximum atomic E-state index is 12.8. The summed E-state index contributed by atoms with van der Waals surface area (Å²) in [5.74, 6) is 1.06. The SMILES string of the molecule is CCOc1ccc(C2CCCN2C(=O)CN2CCCCCC2=O)cc1. The number of likely N-dealkylation sites (tertiary alicyclic amines) is 2. The van der Waals surface area contributed by atoms with Crippen molar-refractivity contribution < 1.29 is 14.3 Å². The summed E-state index contributed by atoms with van der Waals surface area (Å²) in [6.45, 7) is 4.34. The van der Waals surface area contributed by atoms with E-state index in [1.807, 2.05) is 24.0 Å². The van der Waals surface area contributed by atoms with E-state index in [9.17, 15) is 9.59 Å². The molecule has 0 aromatic heterocycles. The number of nitrogens with zero attached hydrogens (tertiary/aromatic N) is 2. The largest absolute Gasteiger partial charge is 0.494 e. The molecule has 0 radical (unpaired) electrons. The van der Waals surface area contributed by atoms with E-state index in [4.69, 9.17) is 4.74 Å². The zero-order valence-corrected chi connectivity index (χ0v) is 15.1. The lowest BCUT2D eigenvalue weighted by atomic mass is 10.0. The molecule has 1 unspecified atom stereocenters. The smallest absolute Gasteiger partial charge is 0.242 e. The van der Waals surface area contributed by atoms with Crippen LogP contribution in [0.5, 0.6) is 5.75 Å². The molecule has 2 aliphatic heterocycles. The molecule has 2 fully saturated rings. The van der Waals surface area contributed by atoms with Crippen LogP contribution in [0.25, 0.3) is 0 Å². The summed E-state index contributed by atoms with van der Waals surface area (Å²) >= 11 is 0. The van der Waals surface area contributed by atoms with Gasteiger partial charge in [0.2, 0.25) is 11.8 Å². The third-order valence-corrected chi connectivity index (χ3v) is 5.15. The van der Waals surface area contributed by atoms with Gasteiger partial charge in [-0.1, -0.05) is 18.6 Å². The molecular weight excluding hydrogens is 316 g/mol. The average molecular weight is 344 g/mol. The maximum absolute atomic E-state index is 12.8. The summed E-state index contributed by atoms with van der Waals surface area (Å²) in [5, 5.41) is 0. The molecule has 2 saturated heterocycles. The van der Waals surface area contributed by atoms with Gasteiger partial charge in [-0.15, -0.1) is 0 Å². The second-order valence-electron chi connectivity index (χ2n) is 6.87. The Labute approximate surface area is 149 Å². The van der Waals surface area contributed by atoms with E-state index in [0.29, 0.717) is 19.6 Å². The Balaban J connectivity index is 1.65. The summed E-state index contributed by atoms with van der Waals surface area (Å²) in [6.07, 6.45) is 5.60. The number of hydrogen-bond acceptors (Lipinski definition) is 3. The lowest BCUT2D eigenvalue weighted by Crippen LogP contribution is -2.42. The highest BCUT2D eigenvalue weighted by atomic mass is 16.5. The van der Waals surface area contributed by atoms with Crippen LogP contribution in [0.3, 0.4) is 0 Å². The van der Waals surface area contributed by atoms with Crippen molar-refractivity contribution in [2.75, 3.05) is 26.2 Å². The van der Waals surface area contributed by atoms with Crippen molar-refractivity contribution in [1.29, 1.82) is 0 Å². The van der Waals surface area contributed by atoms with Gasteiger partial charge in [0.15, 0.2) is 0 Å². The van der Waals surface area contributed by atoms with Gasteiger partial charge >= 0.3 is 0 Å². The van der Waals surface area contributed by atoms with Crippen molar-refractivity contribution >= 4 is 11.8 Å². The van der Waals surface area contributed by atoms with Crippen LogP contribution in [-0.2, 0) is 9.59 Å². The molecule has 2 heterocycles. The Hall–Kier alpha value is -2.04. The molecule has 2 aliphatic rings. The molecule has 2 amide bonds. The minimum Gasteiger partial charge on any atom is -0.494 e. The van der Waals surface area contributed by atoms with Gasteiger partial charge in [0.25, 0.3) is 0 Å². The normalized spacial score (nSPS) is 21.3. The number of ether oxygens (including phenoxy) is 1. The molecular formula is C20H28N2O3. The molecule has 1 aromatic carbocycles. The average Bonchev–Trinajstić information content (AvgIpc) is 3.02. The molecule has 136 valence electrons. The van der Waals surface area contributed by atoms with Crippen LogP contribution in [-0.4, -0.2) is 47.9 Å². The predicted molar refractivity (Wildman–Crippen MR) is 96.3 cm³/mol. The van der Waals surface area contributed by atoms with E-state index in [0.717, 1.165) is 50.0 Å². The van der Waals surface area contributed by atoms with E-state index >= 15 is 0 Å². The Morgan fingerprint density at radius 1 is 1.12 bits per heavy atom. The Kier molecular flexibility index (Phi) is 5.95. The van der Waals surface area contributed by atoms with Crippen molar-refractivity contribution in [3.63, 3.8) is 0 Å². The maximum Gasteiger partial charge on any atom is 0.242 e. The standard InChI is InChI=1S/C20H28N2O3/c1-2-25-17-11-9-16(10-12-17)18-7-6-14-22(18)20(24)15-21-13-5-3-4-8-19(21)23/h9-12,18H,2-8,13-15H2,1H3. The van der Waals surface area contributed by atoms with Crippen molar-refractivity contribution in [2.24, 2.45) is 0 Å². The first-order chi connectivity index (χ1) is 12.2. The Morgan fingerprint density at radius 2 is 1.92 bits per heavy atom. The van der Waals surface area contributed by atoms with E-state index in [-0.39, 0.29) is 24.4 Å². The van der Waals surface area contributed by atoms with Gasteiger partial charge in [-0.3, -0.25) is 9.59 Å². The molecule has 0 saturated carbocycles. The topological polar surface area (TPSA) is 49.9 Å². The first kappa shape index (κ1) is 17.8. The summed E-state index contributed by atoms with van der Waals surface area (Å²) in [4.78, 5) is 28.7. The first-order valence-electron chi connectivity index (χ1n) is 9.49. The monoisotopic (exact) mass is 344 g/mol. The Bertz CT molecular complexity index is 599. The van der Waals surface area contributed by atoms with Crippen molar-refractivity contribution in [3.05, 3.63) is 29.8 Å². The zero-order valence-electron chi connectivity index (χ0n) is 15.1. The van der Waals surface area contributed by atoms with Crippen molar-refractivity contribution in [1.82, 2.24) is 9.80 Å². The second-order valence-corrected chi connectivity index (χ2v) is 6.87. The van der Waals surface area contributed by atoms with Crippen LogP contribution in [0.2, 0.25) is 0 Å². The van der Waals surface area contributed by atoms with Crippen LogP contribution in [0, 0.1) is 0 Å². The van der Waals surface area contributed by atoms with Crippen molar-refractivity contribution in [2.45, 2.75) is 51.5 Å². The molecule has 5 heteroatoms. The number of amides is 2. The van der Waals surface area contributed by atoms with Gasteiger partial charge < -0.3 is 14.5 Å². The minimum atomic E-state index is 0.0756. The molecule has 5 nitrogen and oxygen atoms in total. The molecule has 0 aliphatic carbocycles. The molecule has 1 aromatic rings. The van der Waals surface area contributed by atoms with E-state index in [1.165, 1.54) is 0 Å². The predicted octanol–water partition coefficient (Wildman–Crippen LogP) is 3.15. The van der Waals surface area contributed by atoms with Crippen molar-refractivity contribution in [3.8, 4) is 5.75 Å². The molecule has 0 spiro atoms. The molecule has 0 bridgehead atoms. The number of rotatable bonds is 5. The first-order valence-corrected chi connectivity index (χ1v) is 9.49. The van der Waals surface area contributed by atoms with E-state index in [2.05, 4.69) is 12.1 Å². The quantitative estimate of drug-likeness (QED) is 0.824.